The Balaban J connectivity index is 2.94. The molecule has 5 heteroatoms. The lowest BCUT2D eigenvalue weighted by atomic mass is 9.98. The summed E-state index contributed by atoms with van der Waals surface area (Å²) >= 11 is 0. The number of hydrogen-bond acceptors (Lipinski definition) is 4. The molecule has 5 nitrogen and oxygen atoms in total. The average Bonchev–Trinajstić information content (AvgIpc) is 2.54. The molecule has 0 saturated carbocycles. The van der Waals surface area contributed by atoms with Gasteiger partial charge in [-0.25, -0.2) is 0 Å². The molecule has 23 heavy (non-hydrogen) atoms. The quantitative estimate of drug-likeness (QED) is 0.750. The number of anilines is 1. The fourth-order valence-electron chi connectivity index (χ4n) is 2.34. The van der Waals surface area contributed by atoms with Crippen molar-refractivity contribution in [3.8, 4) is 11.8 Å². The molecule has 0 spiro atoms. The highest BCUT2D eigenvalue weighted by atomic mass is 16.5. The Hall–Kier alpha value is -2.06. The second-order valence-corrected chi connectivity index (χ2v) is 5.54. The van der Waals surface area contributed by atoms with Crippen LogP contribution in [-0.2, 0) is 9.53 Å². The molecular formula is C18H26N2O3. The van der Waals surface area contributed by atoms with Crippen LogP contribution in [0.3, 0.4) is 0 Å². The van der Waals surface area contributed by atoms with Crippen LogP contribution in [0.1, 0.15) is 52.5 Å². The molecule has 1 atom stereocenters. The molecule has 0 bridgehead atoms. The van der Waals surface area contributed by atoms with Crippen LogP contribution < -0.4 is 10.1 Å². The van der Waals surface area contributed by atoms with Crippen molar-refractivity contribution in [3.63, 3.8) is 0 Å². The molecule has 0 aliphatic rings. The summed E-state index contributed by atoms with van der Waals surface area (Å²) in [6.07, 6.45) is 2.34. The Labute approximate surface area is 138 Å². The van der Waals surface area contributed by atoms with Gasteiger partial charge in [-0.05, 0) is 44.9 Å². The van der Waals surface area contributed by atoms with E-state index in [1.54, 1.807) is 25.1 Å². The van der Waals surface area contributed by atoms with Crippen LogP contribution in [0.15, 0.2) is 18.2 Å². The zero-order chi connectivity index (χ0) is 17.3. The van der Waals surface area contributed by atoms with E-state index in [0.717, 1.165) is 12.8 Å². The molecule has 1 rings (SSSR count). The second-order valence-electron chi connectivity index (χ2n) is 5.54. The SMILES string of the molecule is CCCOc1ccc(NC(=O)C(C)(CCC)OCC)c(C#N)c1. The molecule has 0 aliphatic carbocycles. The predicted octanol–water partition coefficient (Wildman–Crippen LogP) is 3.88. The van der Waals surface area contributed by atoms with Crippen molar-refractivity contribution in [2.24, 2.45) is 0 Å². The van der Waals surface area contributed by atoms with Gasteiger partial charge in [0.15, 0.2) is 0 Å². The standard InChI is InChI=1S/C18H26N2O3/c1-5-10-18(4,23-7-3)17(21)20-16-9-8-15(22-11-6-2)12-14(16)13-19/h8-9,12H,5-7,10-11H2,1-4H3,(H,20,21). The van der Waals surface area contributed by atoms with Gasteiger partial charge in [0.05, 0.1) is 17.9 Å². The van der Waals surface area contributed by atoms with Gasteiger partial charge in [0.25, 0.3) is 5.91 Å². The molecule has 0 saturated heterocycles. The number of hydrogen-bond donors (Lipinski definition) is 1. The van der Waals surface area contributed by atoms with Crippen molar-refractivity contribution in [1.82, 2.24) is 0 Å². The topological polar surface area (TPSA) is 71.3 Å². The van der Waals surface area contributed by atoms with Crippen LogP contribution in [0.2, 0.25) is 0 Å². The molecular weight excluding hydrogens is 292 g/mol. The Kier molecular flexibility index (Phi) is 7.56. The fourth-order valence-corrected chi connectivity index (χ4v) is 2.34. The molecule has 0 radical (unpaired) electrons. The molecule has 1 aromatic rings. The molecule has 126 valence electrons. The Morgan fingerprint density at radius 3 is 2.61 bits per heavy atom. The van der Waals surface area contributed by atoms with Gasteiger partial charge in [-0.1, -0.05) is 20.3 Å². The third kappa shape index (κ3) is 5.26. The first-order chi connectivity index (χ1) is 11.0. The van der Waals surface area contributed by atoms with Gasteiger partial charge in [0, 0.05) is 6.61 Å². The van der Waals surface area contributed by atoms with E-state index >= 15 is 0 Å². The number of ether oxygens (including phenoxy) is 2. The molecule has 0 fully saturated rings. The van der Waals surface area contributed by atoms with E-state index in [0.29, 0.717) is 36.6 Å². The van der Waals surface area contributed by atoms with Gasteiger partial charge in [-0.15, -0.1) is 0 Å². The van der Waals surface area contributed by atoms with Crippen molar-refractivity contribution < 1.29 is 14.3 Å². The third-order valence-electron chi connectivity index (χ3n) is 3.50. The van der Waals surface area contributed by atoms with Gasteiger partial charge < -0.3 is 14.8 Å². The van der Waals surface area contributed by atoms with Crippen molar-refractivity contribution >= 4 is 11.6 Å². The molecule has 0 heterocycles. The van der Waals surface area contributed by atoms with E-state index in [2.05, 4.69) is 11.4 Å². The van der Waals surface area contributed by atoms with Gasteiger partial charge in [0.1, 0.15) is 17.4 Å². The Morgan fingerprint density at radius 2 is 2.04 bits per heavy atom. The van der Waals surface area contributed by atoms with E-state index in [9.17, 15) is 10.1 Å². The molecule has 1 N–H and O–H groups in total. The van der Waals surface area contributed by atoms with Crippen molar-refractivity contribution in [1.29, 1.82) is 5.26 Å². The largest absolute Gasteiger partial charge is 0.494 e. The highest BCUT2D eigenvalue weighted by Crippen LogP contribution is 2.25. The van der Waals surface area contributed by atoms with Crippen LogP contribution in [0.25, 0.3) is 0 Å². The van der Waals surface area contributed by atoms with Crippen LogP contribution in [0.4, 0.5) is 5.69 Å². The van der Waals surface area contributed by atoms with Crippen LogP contribution >= 0.6 is 0 Å². The van der Waals surface area contributed by atoms with Gasteiger partial charge in [0.2, 0.25) is 0 Å². The Bertz CT molecular complexity index is 558. The summed E-state index contributed by atoms with van der Waals surface area (Å²) in [7, 11) is 0. The maximum atomic E-state index is 12.6. The monoisotopic (exact) mass is 318 g/mol. The summed E-state index contributed by atoms with van der Waals surface area (Å²) in [4.78, 5) is 12.6. The zero-order valence-corrected chi connectivity index (χ0v) is 14.4. The lowest BCUT2D eigenvalue weighted by molar-refractivity contribution is -0.139. The summed E-state index contributed by atoms with van der Waals surface area (Å²) in [5.41, 5.74) is -0.0427. The van der Waals surface area contributed by atoms with E-state index in [-0.39, 0.29) is 5.91 Å². The van der Waals surface area contributed by atoms with E-state index in [1.165, 1.54) is 0 Å². The number of amides is 1. The first kappa shape index (κ1) is 19.0. The van der Waals surface area contributed by atoms with Crippen LogP contribution in [-0.4, -0.2) is 24.7 Å². The lowest BCUT2D eigenvalue weighted by Crippen LogP contribution is -2.42. The lowest BCUT2D eigenvalue weighted by Gasteiger charge is -2.28. The minimum Gasteiger partial charge on any atom is -0.494 e. The van der Waals surface area contributed by atoms with E-state index in [4.69, 9.17) is 9.47 Å². The molecule has 1 aromatic carbocycles. The molecule has 0 aromatic heterocycles. The zero-order valence-electron chi connectivity index (χ0n) is 14.4. The average molecular weight is 318 g/mol. The number of carbonyl (C=O) groups excluding carboxylic acids is 1. The number of nitrogens with one attached hydrogen (secondary N) is 1. The second kappa shape index (κ2) is 9.16. The molecule has 1 amide bonds. The maximum Gasteiger partial charge on any atom is 0.256 e. The first-order valence-corrected chi connectivity index (χ1v) is 8.13. The summed E-state index contributed by atoms with van der Waals surface area (Å²) in [5.74, 6) is 0.391. The summed E-state index contributed by atoms with van der Waals surface area (Å²) in [6, 6.07) is 7.19. The van der Waals surface area contributed by atoms with E-state index in [1.807, 2.05) is 20.8 Å². The maximum absolute atomic E-state index is 12.6. The summed E-state index contributed by atoms with van der Waals surface area (Å²) in [5, 5.41) is 12.1. The van der Waals surface area contributed by atoms with Crippen molar-refractivity contribution in [2.75, 3.05) is 18.5 Å². The minimum absolute atomic E-state index is 0.236. The minimum atomic E-state index is -0.895. The van der Waals surface area contributed by atoms with Crippen molar-refractivity contribution in [3.05, 3.63) is 23.8 Å². The number of nitrogens with zero attached hydrogens (tertiary/aromatic N) is 1. The highest BCUT2D eigenvalue weighted by molar-refractivity contribution is 5.98. The van der Waals surface area contributed by atoms with Crippen LogP contribution in [0.5, 0.6) is 5.75 Å². The van der Waals surface area contributed by atoms with E-state index < -0.39 is 5.60 Å². The number of rotatable bonds is 9. The van der Waals surface area contributed by atoms with Gasteiger partial charge >= 0.3 is 0 Å². The summed E-state index contributed by atoms with van der Waals surface area (Å²) < 4.78 is 11.1. The highest BCUT2D eigenvalue weighted by Gasteiger charge is 2.33. The number of benzene rings is 1. The normalized spacial score (nSPS) is 13.0. The van der Waals surface area contributed by atoms with Crippen molar-refractivity contribution in [2.45, 2.75) is 52.6 Å². The van der Waals surface area contributed by atoms with Gasteiger partial charge in [-0.3, -0.25) is 4.79 Å². The van der Waals surface area contributed by atoms with Crippen LogP contribution in [0, 0.1) is 11.3 Å². The summed E-state index contributed by atoms with van der Waals surface area (Å²) in [6.45, 7) is 8.71. The first-order valence-electron chi connectivity index (χ1n) is 8.13. The van der Waals surface area contributed by atoms with Gasteiger partial charge in [-0.2, -0.15) is 5.26 Å². The number of nitriles is 1. The molecule has 1 unspecified atom stereocenters. The fraction of sp³-hybridized carbons (Fsp3) is 0.556. The smallest absolute Gasteiger partial charge is 0.256 e. The molecule has 0 aliphatic heterocycles. The predicted molar refractivity (Wildman–Crippen MR) is 90.5 cm³/mol. The Morgan fingerprint density at radius 1 is 1.30 bits per heavy atom. The number of carbonyl (C=O) groups is 1. The third-order valence-corrected chi connectivity index (χ3v) is 3.50.